The Balaban J connectivity index is 2.20. The molecule has 4 nitrogen and oxygen atoms in total. The van der Waals surface area contributed by atoms with Gasteiger partial charge in [-0.05, 0) is 44.4 Å². The fourth-order valence-electron chi connectivity index (χ4n) is 2.71. The van der Waals surface area contributed by atoms with E-state index in [1.807, 2.05) is 16.7 Å². The molecule has 0 amide bonds. The second kappa shape index (κ2) is 4.04. The summed E-state index contributed by atoms with van der Waals surface area (Å²) in [7, 11) is 0. The number of benzene rings is 1. The average Bonchev–Trinajstić information content (AvgIpc) is 2.68. The zero-order chi connectivity index (χ0) is 11.8. The molecule has 1 fully saturated rings. The number of fused-ring (bicyclic) bond motifs is 1. The number of aryl methyl sites for hydroxylation is 1. The van der Waals surface area contributed by atoms with Crippen LogP contribution in [-0.4, -0.2) is 16.1 Å². The first-order valence-corrected chi connectivity index (χ1v) is 6.20. The molecule has 0 spiro atoms. The van der Waals surface area contributed by atoms with Gasteiger partial charge in [-0.3, -0.25) is 9.88 Å². The van der Waals surface area contributed by atoms with Gasteiger partial charge in [-0.2, -0.15) is 0 Å². The molecule has 0 saturated carbocycles. The highest BCUT2D eigenvalue weighted by Crippen LogP contribution is 2.22. The molecule has 2 heterocycles. The van der Waals surface area contributed by atoms with Crippen LogP contribution in [0.1, 0.15) is 31.0 Å². The number of rotatable bonds is 1. The molecule has 1 aromatic heterocycles. The van der Waals surface area contributed by atoms with Gasteiger partial charge in [0, 0.05) is 0 Å². The van der Waals surface area contributed by atoms with E-state index in [2.05, 4.69) is 23.3 Å². The lowest BCUT2D eigenvalue weighted by atomic mass is 10.1. The third-order valence-electron chi connectivity index (χ3n) is 3.54. The van der Waals surface area contributed by atoms with E-state index in [-0.39, 0.29) is 11.9 Å². The fourth-order valence-corrected chi connectivity index (χ4v) is 2.71. The summed E-state index contributed by atoms with van der Waals surface area (Å²) in [4.78, 5) is 15.0. The van der Waals surface area contributed by atoms with E-state index in [1.54, 1.807) is 0 Å². The number of hydrogen-bond donors (Lipinski definition) is 2. The van der Waals surface area contributed by atoms with Crippen LogP contribution >= 0.6 is 0 Å². The van der Waals surface area contributed by atoms with E-state index in [4.69, 9.17) is 0 Å². The smallest absolute Gasteiger partial charge is 0.305 e. The van der Waals surface area contributed by atoms with Gasteiger partial charge in [-0.1, -0.05) is 12.1 Å². The predicted molar refractivity (Wildman–Crippen MR) is 68.2 cm³/mol. The molecule has 2 N–H and O–H groups in total. The summed E-state index contributed by atoms with van der Waals surface area (Å²) in [6, 6.07) is 5.99. The zero-order valence-corrected chi connectivity index (χ0v) is 9.99. The van der Waals surface area contributed by atoms with Crippen molar-refractivity contribution in [3.63, 3.8) is 0 Å². The molecule has 90 valence electrons. The topological polar surface area (TPSA) is 49.8 Å². The van der Waals surface area contributed by atoms with Crippen LogP contribution in [-0.2, 0) is 0 Å². The van der Waals surface area contributed by atoms with Crippen molar-refractivity contribution < 1.29 is 0 Å². The van der Waals surface area contributed by atoms with Crippen molar-refractivity contribution in [2.75, 3.05) is 6.54 Å². The maximum absolute atomic E-state index is 12.1. The largest absolute Gasteiger partial charge is 0.327 e. The minimum Gasteiger partial charge on any atom is -0.305 e. The molecule has 1 aliphatic heterocycles. The quantitative estimate of drug-likeness (QED) is 0.787. The van der Waals surface area contributed by atoms with Gasteiger partial charge in [0.05, 0.1) is 17.2 Å². The third-order valence-corrected chi connectivity index (χ3v) is 3.54. The molecule has 1 aromatic carbocycles. The molecular formula is C13H17N3O. The maximum atomic E-state index is 12.1. The lowest BCUT2D eigenvalue weighted by molar-refractivity contribution is 0.321. The molecule has 1 saturated heterocycles. The standard InChI is InChI=1S/C13H17N3O/c1-9-5-4-6-10-12(9)16(13(17)15-10)11-7-2-3-8-14-11/h4-6,11,14H,2-3,7-8H2,1H3,(H,15,17). The maximum Gasteiger partial charge on any atom is 0.327 e. The van der Waals surface area contributed by atoms with E-state index in [0.717, 1.165) is 29.6 Å². The van der Waals surface area contributed by atoms with Crippen molar-refractivity contribution in [2.45, 2.75) is 32.4 Å². The van der Waals surface area contributed by atoms with Gasteiger partial charge in [0.2, 0.25) is 0 Å². The van der Waals surface area contributed by atoms with E-state index in [9.17, 15) is 4.79 Å². The van der Waals surface area contributed by atoms with Crippen molar-refractivity contribution in [1.29, 1.82) is 0 Å². The van der Waals surface area contributed by atoms with Gasteiger partial charge in [0.1, 0.15) is 0 Å². The minimum atomic E-state index is -0.00583. The van der Waals surface area contributed by atoms with Gasteiger partial charge in [0.25, 0.3) is 0 Å². The summed E-state index contributed by atoms with van der Waals surface area (Å²) in [5, 5.41) is 3.42. The summed E-state index contributed by atoms with van der Waals surface area (Å²) in [5.74, 6) is 0. The molecular weight excluding hydrogens is 214 g/mol. The minimum absolute atomic E-state index is 0.00583. The Morgan fingerprint density at radius 2 is 2.24 bits per heavy atom. The summed E-state index contributed by atoms with van der Waals surface area (Å²) in [6.45, 7) is 3.05. The highest BCUT2D eigenvalue weighted by atomic mass is 16.1. The molecule has 1 unspecified atom stereocenters. The van der Waals surface area contributed by atoms with Crippen LogP contribution in [0.3, 0.4) is 0 Å². The predicted octanol–water partition coefficient (Wildman–Crippen LogP) is 1.91. The van der Waals surface area contributed by atoms with Gasteiger partial charge in [-0.15, -0.1) is 0 Å². The van der Waals surface area contributed by atoms with Gasteiger partial charge in [0.15, 0.2) is 0 Å². The van der Waals surface area contributed by atoms with Crippen molar-refractivity contribution in [2.24, 2.45) is 0 Å². The molecule has 1 aliphatic rings. The van der Waals surface area contributed by atoms with Crippen molar-refractivity contribution >= 4 is 11.0 Å². The van der Waals surface area contributed by atoms with Crippen LogP contribution in [0.5, 0.6) is 0 Å². The number of para-hydroxylation sites is 1. The Morgan fingerprint density at radius 1 is 1.35 bits per heavy atom. The summed E-state index contributed by atoms with van der Waals surface area (Å²) in [5.41, 5.74) is 3.11. The Hall–Kier alpha value is -1.55. The SMILES string of the molecule is Cc1cccc2[nH]c(=O)n(C3CCCCN3)c12. The van der Waals surface area contributed by atoms with E-state index < -0.39 is 0 Å². The van der Waals surface area contributed by atoms with Crippen molar-refractivity contribution in [1.82, 2.24) is 14.9 Å². The fraction of sp³-hybridized carbons (Fsp3) is 0.462. The Bertz CT molecular complexity index is 590. The molecule has 0 radical (unpaired) electrons. The average molecular weight is 231 g/mol. The van der Waals surface area contributed by atoms with Gasteiger partial charge in [-0.25, -0.2) is 4.79 Å². The molecule has 0 aliphatic carbocycles. The third kappa shape index (κ3) is 1.69. The Labute approximate surface area is 99.6 Å². The second-order valence-electron chi connectivity index (χ2n) is 4.74. The van der Waals surface area contributed by atoms with Crippen LogP contribution in [0.2, 0.25) is 0 Å². The highest BCUT2D eigenvalue weighted by molar-refractivity contribution is 5.78. The first-order valence-electron chi connectivity index (χ1n) is 6.20. The van der Waals surface area contributed by atoms with Crippen LogP contribution in [0.15, 0.2) is 23.0 Å². The molecule has 17 heavy (non-hydrogen) atoms. The Kier molecular flexibility index (Phi) is 2.52. The summed E-state index contributed by atoms with van der Waals surface area (Å²) < 4.78 is 1.88. The number of piperidine rings is 1. The summed E-state index contributed by atoms with van der Waals surface area (Å²) >= 11 is 0. The van der Waals surface area contributed by atoms with Crippen LogP contribution in [0.25, 0.3) is 11.0 Å². The van der Waals surface area contributed by atoms with Crippen LogP contribution in [0, 0.1) is 6.92 Å². The lowest BCUT2D eigenvalue weighted by Crippen LogP contribution is -2.36. The van der Waals surface area contributed by atoms with Crippen LogP contribution < -0.4 is 11.0 Å². The highest BCUT2D eigenvalue weighted by Gasteiger charge is 2.19. The first-order chi connectivity index (χ1) is 8.27. The lowest BCUT2D eigenvalue weighted by Gasteiger charge is -2.24. The molecule has 3 rings (SSSR count). The normalized spacial score (nSPS) is 20.9. The molecule has 0 bridgehead atoms. The number of nitrogens with zero attached hydrogens (tertiary/aromatic N) is 1. The van der Waals surface area contributed by atoms with E-state index >= 15 is 0 Å². The number of imidazole rings is 1. The number of nitrogens with one attached hydrogen (secondary N) is 2. The zero-order valence-electron chi connectivity index (χ0n) is 9.99. The number of H-pyrrole nitrogens is 1. The van der Waals surface area contributed by atoms with E-state index in [0.29, 0.717) is 0 Å². The van der Waals surface area contributed by atoms with Crippen molar-refractivity contribution in [3.8, 4) is 0 Å². The number of hydrogen-bond acceptors (Lipinski definition) is 2. The van der Waals surface area contributed by atoms with Gasteiger partial charge < -0.3 is 4.98 Å². The molecule has 2 aromatic rings. The second-order valence-corrected chi connectivity index (χ2v) is 4.74. The monoisotopic (exact) mass is 231 g/mol. The van der Waals surface area contributed by atoms with E-state index in [1.165, 1.54) is 12.8 Å². The summed E-state index contributed by atoms with van der Waals surface area (Å²) in [6.07, 6.45) is 3.56. The van der Waals surface area contributed by atoms with Gasteiger partial charge >= 0.3 is 5.69 Å². The Morgan fingerprint density at radius 3 is 3.00 bits per heavy atom. The number of aromatic amines is 1. The number of aromatic nitrogens is 2. The van der Waals surface area contributed by atoms with Crippen molar-refractivity contribution in [3.05, 3.63) is 34.2 Å². The first kappa shape index (κ1) is 10.6. The van der Waals surface area contributed by atoms with Crippen LogP contribution in [0.4, 0.5) is 0 Å². The molecule has 4 heteroatoms. The molecule has 1 atom stereocenters.